The van der Waals surface area contributed by atoms with Crippen molar-refractivity contribution in [1.82, 2.24) is 0 Å². The van der Waals surface area contributed by atoms with E-state index in [0.717, 1.165) is 6.26 Å². The molecular formula is C9H10INO5S. The van der Waals surface area contributed by atoms with Crippen molar-refractivity contribution in [2.24, 2.45) is 0 Å². The molecule has 1 rings (SSSR count). The topological polar surface area (TPSA) is 97.5 Å². The first-order valence-electron chi connectivity index (χ1n) is 4.49. The minimum Gasteiger partial charge on any atom is -0.386 e. The van der Waals surface area contributed by atoms with Crippen LogP contribution in [-0.2, 0) is 9.84 Å². The van der Waals surface area contributed by atoms with Crippen LogP contribution in [-0.4, -0.2) is 28.0 Å². The van der Waals surface area contributed by atoms with Crippen molar-refractivity contribution >= 4 is 38.1 Å². The Bertz CT molecular complexity index is 530. The van der Waals surface area contributed by atoms with Crippen LogP contribution in [0.3, 0.4) is 0 Å². The van der Waals surface area contributed by atoms with Gasteiger partial charge in [0, 0.05) is 18.4 Å². The number of hydrogen-bond donors (Lipinski definition) is 1. The van der Waals surface area contributed by atoms with Crippen LogP contribution in [0.5, 0.6) is 0 Å². The van der Waals surface area contributed by atoms with Crippen LogP contribution in [0.2, 0.25) is 0 Å². The molecule has 0 bridgehead atoms. The standard InChI is InChI=1S/C9H10INO5S/c1-17(15,16)9(10)8(12)6-3-2-4-7(5-6)11(13)14/h2-5,8-9,12H,1H3/t8-,9-/m0/s1. The number of rotatable bonds is 4. The fraction of sp³-hybridized carbons (Fsp3) is 0.333. The smallest absolute Gasteiger partial charge is 0.269 e. The Morgan fingerprint density at radius 2 is 2.06 bits per heavy atom. The van der Waals surface area contributed by atoms with Crippen molar-refractivity contribution in [3.05, 3.63) is 39.9 Å². The van der Waals surface area contributed by atoms with Crippen molar-refractivity contribution in [3.8, 4) is 0 Å². The van der Waals surface area contributed by atoms with Crippen LogP contribution >= 0.6 is 22.6 Å². The number of aliphatic hydroxyl groups excluding tert-OH is 1. The molecule has 8 heteroatoms. The first-order chi connectivity index (χ1) is 7.73. The highest BCUT2D eigenvalue weighted by molar-refractivity contribution is 14.1. The summed E-state index contributed by atoms with van der Waals surface area (Å²) in [5.41, 5.74) is 0.0303. The highest BCUT2D eigenvalue weighted by Gasteiger charge is 2.28. The molecular weight excluding hydrogens is 361 g/mol. The Morgan fingerprint density at radius 1 is 1.47 bits per heavy atom. The van der Waals surface area contributed by atoms with E-state index in [1.165, 1.54) is 24.3 Å². The maximum absolute atomic E-state index is 11.3. The number of sulfone groups is 1. The van der Waals surface area contributed by atoms with Gasteiger partial charge >= 0.3 is 0 Å². The zero-order valence-corrected chi connectivity index (χ0v) is 11.8. The highest BCUT2D eigenvalue weighted by atomic mass is 127. The summed E-state index contributed by atoms with van der Waals surface area (Å²) in [5.74, 6) is 0. The first kappa shape index (κ1) is 14.3. The van der Waals surface area contributed by atoms with Gasteiger partial charge in [-0.15, -0.1) is 0 Å². The van der Waals surface area contributed by atoms with E-state index in [9.17, 15) is 23.6 Å². The molecule has 0 unspecified atom stereocenters. The molecule has 0 radical (unpaired) electrons. The molecule has 2 atom stereocenters. The van der Waals surface area contributed by atoms with Crippen LogP contribution in [0, 0.1) is 10.1 Å². The lowest BCUT2D eigenvalue weighted by Gasteiger charge is -2.15. The van der Waals surface area contributed by atoms with E-state index >= 15 is 0 Å². The van der Waals surface area contributed by atoms with Crippen LogP contribution < -0.4 is 0 Å². The SMILES string of the molecule is CS(=O)(=O)[C@H](I)[C@@H](O)c1cccc([N+](=O)[O-])c1. The molecule has 94 valence electrons. The van der Waals surface area contributed by atoms with Gasteiger partial charge in [0.2, 0.25) is 0 Å². The molecule has 0 heterocycles. The zero-order valence-electron chi connectivity index (χ0n) is 8.78. The largest absolute Gasteiger partial charge is 0.386 e. The summed E-state index contributed by atoms with van der Waals surface area (Å²) in [6.07, 6.45) is -0.282. The number of hydrogen-bond acceptors (Lipinski definition) is 5. The number of nitrogens with zero attached hydrogens (tertiary/aromatic N) is 1. The molecule has 0 saturated heterocycles. The van der Waals surface area contributed by atoms with E-state index < -0.39 is 24.1 Å². The molecule has 17 heavy (non-hydrogen) atoms. The highest BCUT2D eigenvalue weighted by Crippen LogP contribution is 2.28. The quantitative estimate of drug-likeness (QED) is 0.374. The Balaban J connectivity index is 3.09. The van der Waals surface area contributed by atoms with Gasteiger partial charge in [-0.1, -0.05) is 34.7 Å². The normalized spacial score (nSPS) is 15.2. The minimum atomic E-state index is -3.42. The third-order valence-electron chi connectivity index (χ3n) is 2.08. The Hall–Kier alpha value is -0.740. The van der Waals surface area contributed by atoms with Crippen LogP contribution in [0.15, 0.2) is 24.3 Å². The lowest BCUT2D eigenvalue weighted by molar-refractivity contribution is -0.385. The summed E-state index contributed by atoms with van der Waals surface area (Å²) in [6, 6.07) is 5.30. The zero-order chi connectivity index (χ0) is 13.2. The molecule has 6 nitrogen and oxygen atoms in total. The van der Waals surface area contributed by atoms with Gasteiger partial charge < -0.3 is 5.11 Å². The molecule has 0 aromatic heterocycles. The van der Waals surface area contributed by atoms with E-state index in [0.29, 0.717) is 0 Å². The van der Waals surface area contributed by atoms with Gasteiger partial charge in [0.05, 0.1) is 4.92 Å². The van der Waals surface area contributed by atoms with E-state index in [1.54, 1.807) is 22.6 Å². The second-order valence-corrected chi connectivity index (χ2v) is 7.83. The number of nitro benzene ring substituents is 1. The third kappa shape index (κ3) is 3.61. The Labute approximate surface area is 112 Å². The average Bonchev–Trinajstić information content (AvgIpc) is 2.26. The molecule has 0 aliphatic heterocycles. The maximum Gasteiger partial charge on any atom is 0.269 e. The molecule has 0 spiro atoms. The second kappa shape index (κ2) is 5.27. The number of benzene rings is 1. The summed E-state index contributed by atoms with van der Waals surface area (Å²) in [6.45, 7) is 0. The van der Waals surface area contributed by atoms with Gasteiger partial charge in [-0.05, 0) is 5.56 Å². The Kier molecular flexibility index (Phi) is 4.44. The lowest BCUT2D eigenvalue weighted by Crippen LogP contribution is -2.21. The van der Waals surface area contributed by atoms with Crippen LogP contribution in [0.1, 0.15) is 11.7 Å². The third-order valence-corrected chi connectivity index (χ3v) is 6.61. The lowest BCUT2D eigenvalue weighted by atomic mass is 10.1. The van der Waals surface area contributed by atoms with Gasteiger partial charge in [0.1, 0.15) is 9.36 Å². The van der Waals surface area contributed by atoms with E-state index in [4.69, 9.17) is 0 Å². The number of halogens is 1. The predicted octanol–water partition coefficient (Wildman–Crippen LogP) is 1.43. The van der Waals surface area contributed by atoms with E-state index in [2.05, 4.69) is 0 Å². The molecule has 1 N–H and O–H groups in total. The predicted molar refractivity (Wildman–Crippen MR) is 70.7 cm³/mol. The van der Waals surface area contributed by atoms with Crippen molar-refractivity contribution in [2.75, 3.05) is 6.26 Å². The molecule has 0 saturated carbocycles. The van der Waals surface area contributed by atoms with Crippen molar-refractivity contribution in [1.29, 1.82) is 0 Å². The van der Waals surface area contributed by atoms with Gasteiger partial charge in [0.15, 0.2) is 9.84 Å². The number of non-ortho nitro benzene ring substituents is 1. The number of nitro groups is 1. The van der Waals surface area contributed by atoms with E-state index in [-0.39, 0.29) is 11.3 Å². The van der Waals surface area contributed by atoms with Crippen LogP contribution in [0.4, 0.5) is 5.69 Å². The molecule has 0 amide bonds. The monoisotopic (exact) mass is 371 g/mol. The van der Waals surface area contributed by atoms with Gasteiger partial charge in [-0.2, -0.15) is 0 Å². The van der Waals surface area contributed by atoms with Crippen molar-refractivity contribution < 1.29 is 18.4 Å². The second-order valence-electron chi connectivity index (χ2n) is 3.48. The molecule has 0 aliphatic rings. The van der Waals surface area contributed by atoms with Crippen molar-refractivity contribution in [3.63, 3.8) is 0 Å². The average molecular weight is 371 g/mol. The minimum absolute atomic E-state index is 0.182. The van der Waals surface area contributed by atoms with Gasteiger partial charge in [-0.25, -0.2) is 8.42 Å². The fourth-order valence-corrected chi connectivity index (χ4v) is 2.25. The Morgan fingerprint density at radius 3 is 2.53 bits per heavy atom. The van der Waals surface area contributed by atoms with E-state index in [1.807, 2.05) is 0 Å². The summed E-state index contributed by atoms with van der Waals surface area (Å²) in [7, 11) is -3.42. The van der Waals surface area contributed by atoms with Crippen molar-refractivity contribution in [2.45, 2.75) is 9.36 Å². The number of alkyl halides is 1. The first-order valence-corrected chi connectivity index (χ1v) is 7.69. The summed E-state index contributed by atoms with van der Waals surface area (Å²) in [4.78, 5) is 9.95. The number of aliphatic hydroxyl groups is 1. The molecule has 1 aromatic rings. The molecule has 1 aromatic carbocycles. The van der Waals surface area contributed by atoms with Gasteiger partial charge in [0.25, 0.3) is 5.69 Å². The molecule has 0 fully saturated rings. The van der Waals surface area contributed by atoms with Crippen LogP contribution in [0.25, 0.3) is 0 Å². The summed E-state index contributed by atoms with van der Waals surface area (Å²) in [5, 5.41) is 20.4. The summed E-state index contributed by atoms with van der Waals surface area (Å²) < 4.78 is 21.5. The fourth-order valence-electron chi connectivity index (χ4n) is 1.21. The molecule has 0 aliphatic carbocycles. The van der Waals surface area contributed by atoms with Gasteiger partial charge in [-0.3, -0.25) is 10.1 Å². The maximum atomic E-state index is 11.3. The summed E-state index contributed by atoms with van der Waals surface area (Å²) >= 11 is 1.60.